The minimum absolute atomic E-state index is 0.0586. The van der Waals surface area contributed by atoms with Crippen molar-refractivity contribution >= 4 is 5.91 Å². The van der Waals surface area contributed by atoms with Crippen LogP contribution in [0.1, 0.15) is 29.6 Å². The highest BCUT2D eigenvalue weighted by atomic mass is 19.1. The quantitative estimate of drug-likeness (QED) is 0.824. The smallest absolute Gasteiger partial charge is 0.256 e. The Hall–Kier alpha value is -1.49. The summed E-state index contributed by atoms with van der Waals surface area (Å²) in [6, 6.07) is 1.40. The fourth-order valence-corrected chi connectivity index (χ4v) is 2.09. The van der Waals surface area contributed by atoms with E-state index >= 15 is 0 Å². The number of halogens is 1. The molecule has 1 atom stereocenters. The highest BCUT2D eigenvalue weighted by Crippen LogP contribution is 2.15. The van der Waals surface area contributed by atoms with Gasteiger partial charge in [-0.3, -0.25) is 9.78 Å². The van der Waals surface area contributed by atoms with E-state index in [1.54, 1.807) is 7.05 Å². The van der Waals surface area contributed by atoms with Crippen LogP contribution in [0.15, 0.2) is 18.5 Å². The minimum Gasteiger partial charge on any atom is -0.376 e. The van der Waals surface area contributed by atoms with Crippen LogP contribution in [0.25, 0.3) is 0 Å². The zero-order valence-electron chi connectivity index (χ0n) is 10.4. The first-order valence-electron chi connectivity index (χ1n) is 6.15. The molecule has 1 unspecified atom stereocenters. The molecule has 1 saturated heterocycles. The van der Waals surface area contributed by atoms with E-state index in [9.17, 15) is 9.18 Å². The van der Waals surface area contributed by atoms with Crippen molar-refractivity contribution in [3.63, 3.8) is 0 Å². The highest BCUT2D eigenvalue weighted by Gasteiger charge is 2.21. The summed E-state index contributed by atoms with van der Waals surface area (Å²) in [7, 11) is 1.67. The molecule has 1 amide bonds. The molecule has 2 heterocycles. The van der Waals surface area contributed by atoms with E-state index in [4.69, 9.17) is 4.74 Å². The first-order chi connectivity index (χ1) is 8.68. The molecule has 2 rings (SSSR count). The molecule has 0 radical (unpaired) electrons. The van der Waals surface area contributed by atoms with Crippen LogP contribution in [-0.4, -0.2) is 42.1 Å². The monoisotopic (exact) mass is 252 g/mol. The topological polar surface area (TPSA) is 42.4 Å². The molecule has 0 N–H and O–H groups in total. The van der Waals surface area contributed by atoms with E-state index < -0.39 is 5.82 Å². The van der Waals surface area contributed by atoms with E-state index in [1.807, 2.05) is 0 Å². The number of hydrogen-bond acceptors (Lipinski definition) is 3. The standard InChI is InChI=1S/C13H17FN2O2/c1-16(9-10-4-2-3-7-18-10)13(17)11-5-6-15-8-12(11)14/h5-6,8,10H,2-4,7,9H2,1H3. The number of hydrogen-bond donors (Lipinski definition) is 0. The van der Waals surface area contributed by atoms with Crippen LogP contribution >= 0.6 is 0 Å². The Morgan fingerprint density at radius 2 is 2.44 bits per heavy atom. The number of ether oxygens (including phenoxy) is 1. The third-order valence-corrected chi connectivity index (χ3v) is 3.10. The van der Waals surface area contributed by atoms with Crippen molar-refractivity contribution in [2.45, 2.75) is 25.4 Å². The summed E-state index contributed by atoms with van der Waals surface area (Å²) in [6.07, 6.45) is 5.69. The maximum Gasteiger partial charge on any atom is 0.256 e. The molecule has 1 aromatic heterocycles. The molecule has 1 aliphatic heterocycles. The largest absolute Gasteiger partial charge is 0.376 e. The Kier molecular flexibility index (Phi) is 4.25. The lowest BCUT2D eigenvalue weighted by Crippen LogP contribution is -2.37. The summed E-state index contributed by atoms with van der Waals surface area (Å²) in [5.74, 6) is -0.914. The summed E-state index contributed by atoms with van der Waals surface area (Å²) in [6.45, 7) is 1.25. The average Bonchev–Trinajstić information content (AvgIpc) is 2.39. The first-order valence-corrected chi connectivity index (χ1v) is 6.15. The van der Waals surface area contributed by atoms with E-state index in [-0.39, 0.29) is 17.6 Å². The van der Waals surface area contributed by atoms with Gasteiger partial charge in [-0.05, 0) is 25.3 Å². The van der Waals surface area contributed by atoms with Crippen molar-refractivity contribution in [3.05, 3.63) is 29.8 Å². The zero-order chi connectivity index (χ0) is 13.0. The maximum atomic E-state index is 13.4. The number of rotatable bonds is 3. The van der Waals surface area contributed by atoms with Crippen molar-refractivity contribution in [2.75, 3.05) is 20.2 Å². The molecule has 0 aliphatic carbocycles. The Morgan fingerprint density at radius 3 is 3.11 bits per heavy atom. The molecule has 18 heavy (non-hydrogen) atoms. The van der Waals surface area contributed by atoms with Crippen LogP contribution in [0.5, 0.6) is 0 Å². The van der Waals surface area contributed by atoms with Gasteiger partial charge in [0, 0.05) is 26.4 Å². The summed E-state index contributed by atoms with van der Waals surface area (Å²) in [5, 5.41) is 0. The second-order valence-corrected chi connectivity index (χ2v) is 4.53. The fourth-order valence-electron chi connectivity index (χ4n) is 2.09. The van der Waals surface area contributed by atoms with Gasteiger partial charge in [0.25, 0.3) is 5.91 Å². The molecule has 4 nitrogen and oxygen atoms in total. The Balaban J connectivity index is 1.98. The lowest BCUT2D eigenvalue weighted by atomic mass is 10.1. The van der Waals surface area contributed by atoms with Crippen molar-refractivity contribution in [3.8, 4) is 0 Å². The molecule has 1 aliphatic rings. The summed E-state index contributed by atoms with van der Waals surface area (Å²) < 4.78 is 19.0. The number of aromatic nitrogens is 1. The van der Waals surface area contributed by atoms with Crippen molar-refractivity contribution < 1.29 is 13.9 Å². The van der Waals surface area contributed by atoms with Gasteiger partial charge in [-0.15, -0.1) is 0 Å². The predicted molar refractivity (Wildman–Crippen MR) is 64.7 cm³/mol. The third-order valence-electron chi connectivity index (χ3n) is 3.10. The molecule has 0 aromatic carbocycles. The second kappa shape index (κ2) is 5.91. The number of amides is 1. The minimum atomic E-state index is -0.584. The summed E-state index contributed by atoms with van der Waals surface area (Å²) >= 11 is 0. The SMILES string of the molecule is CN(CC1CCCCO1)C(=O)c1ccncc1F. The van der Waals surface area contributed by atoms with E-state index in [1.165, 1.54) is 17.2 Å². The van der Waals surface area contributed by atoms with E-state index in [0.29, 0.717) is 6.54 Å². The second-order valence-electron chi connectivity index (χ2n) is 4.53. The normalized spacial score (nSPS) is 19.6. The molecule has 5 heteroatoms. The van der Waals surface area contributed by atoms with Crippen LogP contribution in [-0.2, 0) is 4.74 Å². The van der Waals surface area contributed by atoms with Crippen LogP contribution in [0.3, 0.4) is 0 Å². The molecule has 1 aromatic rings. The van der Waals surface area contributed by atoms with Crippen molar-refractivity contribution in [1.29, 1.82) is 0 Å². The average molecular weight is 252 g/mol. The van der Waals surface area contributed by atoms with Gasteiger partial charge < -0.3 is 9.64 Å². The van der Waals surface area contributed by atoms with Crippen LogP contribution in [0, 0.1) is 5.82 Å². The van der Waals surface area contributed by atoms with Gasteiger partial charge in [-0.25, -0.2) is 4.39 Å². The van der Waals surface area contributed by atoms with Crippen LogP contribution < -0.4 is 0 Å². The zero-order valence-corrected chi connectivity index (χ0v) is 10.4. The maximum absolute atomic E-state index is 13.4. The molecule has 0 spiro atoms. The van der Waals surface area contributed by atoms with Gasteiger partial charge in [0.1, 0.15) is 0 Å². The fraction of sp³-hybridized carbons (Fsp3) is 0.538. The van der Waals surface area contributed by atoms with Gasteiger partial charge in [-0.2, -0.15) is 0 Å². The Morgan fingerprint density at radius 1 is 1.61 bits per heavy atom. The van der Waals surface area contributed by atoms with Crippen LogP contribution in [0.4, 0.5) is 4.39 Å². The van der Waals surface area contributed by atoms with Crippen molar-refractivity contribution in [2.24, 2.45) is 0 Å². The highest BCUT2D eigenvalue weighted by molar-refractivity contribution is 5.94. The van der Waals surface area contributed by atoms with E-state index in [0.717, 1.165) is 32.1 Å². The number of likely N-dealkylation sites (N-methyl/N-ethyl adjacent to an activating group) is 1. The lowest BCUT2D eigenvalue weighted by molar-refractivity contribution is -0.000273. The number of carbonyl (C=O) groups excluding carboxylic acids is 1. The Labute approximate surface area is 106 Å². The van der Waals surface area contributed by atoms with E-state index in [2.05, 4.69) is 4.98 Å². The van der Waals surface area contributed by atoms with Gasteiger partial charge in [-0.1, -0.05) is 0 Å². The predicted octanol–water partition coefficient (Wildman–Crippen LogP) is 1.86. The molecular formula is C13H17FN2O2. The van der Waals surface area contributed by atoms with Crippen LogP contribution in [0.2, 0.25) is 0 Å². The van der Waals surface area contributed by atoms with Gasteiger partial charge >= 0.3 is 0 Å². The molecule has 98 valence electrons. The first kappa shape index (κ1) is 13.0. The molecule has 1 fully saturated rings. The van der Waals surface area contributed by atoms with Gasteiger partial charge in [0.2, 0.25) is 0 Å². The van der Waals surface area contributed by atoms with Crippen molar-refractivity contribution in [1.82, 2.24) is 9.88 Å². The van der Waals surface area contributed by atoms with Gasteiger partial charge in [0.15, 0.2) is 5.82 Å². The molecule has 0 bridgehead atoms. The summed E-state index contributed by atoms with van der Waals surface area (Å²) in [4.78, 5) is 17.2. The number of pyridine rings is 1. The lowest BCUT2D eigenvalue weighted by Gasteiger charge is -2.27. The molecule has 0 saturated carbocycles. The Bertz CT molecular complexity index is 419. The van der Waals surface area contributed by atoms with Gasteiger partial charge in [0.05, 0.1) is 17.9 Å². The third kappa shape index (κ3) is 3.04. The number of nitrogens with zero attached hydrogens (tertiary/aromatic N) is 2. The number of carbonyl (C=O) groups is 1. The summed E-state index contributed by atoms with van der Waals surface area (Å²) in [5.41, 5.74) is 0.0586. The molecular weight excluding hydrogens is 235 g/mol.